The van der Waals surface area contributed by atoms with Crippen molar-refractivity contribution in [2.24, 2.45) is 5.92 Å². The number of aliphatic hydroxyl groups excluding tert-OH is 1. The monoisotopic (exact) mass is 497 g/mol. The highest BCUT2D eigenvalue weighted by Crippen LogP contribution is 2.44. The highest BCUT2D eigenvalue weighted by atomic mass is 19.1. The van der Waals surface area contributed by atoms with Crippen molar-refractivity contribution in [3.05, 3.63) is 144 Å². The van der Waals surface area contributed by atoms with Crippen molar-refractivity contribution in [3.8, 4) is 5.75 Å². The average Bonchev–Trinajstić information content (AvgIpc) is 2.93. The molecule has 0 spiro atoms. The molecule has 1 aliphatic heterocycles. The maximum absolute atomic E-state index is 13.5. The Morgan fingerprint density at radius 1 is 0.838 bits per heavy atom. The number of rotatable bonds is 8. The Balaban J connectivity index is 1.37. The van der Waals surface area contributed by atoms with Gasteiger partial charge in [-0.15, -0.1) is 0 Å². The number of halogens is 2. The normalized spacial score (nSPS) is 18.0. The zero-order valence-electron chi connectivity index (χ0n) is 19.9. The molecule has 1 saturated heterocycles. The minimum Gasteiger partial charge on any atom is -0.489 e. The Morgan fingerprint density at radius 3 is 2.11 bits per heavy atom. The van der Waals surface area contributed by atoms with Crippen molar-refractivity contribution >= 4 is 11.6 Å². The van der Waals surface area contributed by atoms with E-state index in [1.54, 1.807) is 29.2 Å². The van der Waals surface area contributed by atoms with Gasteiger partial charge in [-0.1, -0.05) is 66.7 Å². The molecule has 4 aromatic rings. The molecule has 0 aromatic heterocycles. The van der Waals surface area contributed by atoms with Gasteiger partial charge in [-0.05, 0) is 65.2 Å². The van der Waals surface area contributed by atoms with Gasteiger partial charge < -0.3 is 14.7 Å². The number of hydrogen-bond acceptors (Lipinski definition) is 3. The maximum Gasteiger partial charge on any atom is 0.236 e. The first-order valence-electron chi connectivity index (χ1n) is 12.0. The van der Waals surface area contributed by atoms with Crippen molar-refractivity contribution in [2.75, 3.05) is 4.90 Å². The van der Waals surface area contributed by atoms with E-state index in [1.165, 1.54) is 36.4 Å². The molecule has 186 valence electrons. The molecular formula is C31H25F2NO3. The zero-order chi connectivity index (χ0) is 25.8. The molecule has 4 nitrogen and oxygen atoms in total. The lowest BCUT2D eigenvalue weighted by Crippen LogP contribution is -2.54. The zero-order valence-corrected chi connectivity index (χ0v) is 19.9. The molecule has 1 heterocycles. The SMILES string of the molecule is O=C1[C@H](C=CC(O)c2ccc(F)cc2)[C@@H](c2ccc(OCc3ccccc3)cc2)N1c1ccc(F)cc1. The number of benzene rings is 4. The first-order chi connectivity index (χ1) is 18.0. The Kier molecular flexibility index (Phi) is 7.10. The number of anilines is 1. The minimum atomic E-state index is -0.984. The van der Waals surface area contributed by atoms with E-state index in [4.69, 9.17) is 4.74 Å². The molecule has 1 amide bonds. The quantitative estimate of drug-likeness (QED) is 0.222. The van der Waals surface area contributed by atoms with Crippen LogP contribution in [0.5, 0.6) is 5.75 Å². The predicted molar refractivity (Wildman–Crippen MR) is 138 cm³/mol. The first-order valence-corrected chi connectivity index (χ1v) is 12.0. The Morgan fingerprint density at radius 2 is 1.46 bits per heavy atom. The van der Waals surface area contributed by atoms with Gasteiger partial charge in [-0.3, -0.25) is 4.79 Å². The molecule has 1 N–H and O–H groups in total. The second-order valence-electron chi connectivity index (χ2n) is 8.88. The van der Waals surface area contributed by atoms with Crippen molar-refractivity contribution < 1.29 is 23.4 Å². The summed E-state index contributed by atoms with van der Waals surface area (Å²) in [6.45, 7) is 0.441. The van der Waals surface area contributed by atoms with Crippen molar-refractivity contribution in [1.29, 1.82) is 0 Å². The number of ether oxygens (including phenoxy) is 1. The van der Waals surface area contributed by atoms with Crippen LogP contribution in [0.25, 0.3) is 0 Å². The summed E-state index contributed by atoms with van der Waals surface area (Å²) in [6.07, 6.45) is 2.24. The summed E-state index contributed by atoms with van der Waals surface area (Å²) in [4.78, 5) is 14.8. The lowest BCUT2D eigenvalue weighted by atomic mass is 9.81. The first kappa shape index (κ1) is 24.4. The van der Waals surface area contributed by atoms with Crippen LogP contribution in [-0.4, -0.2) is 11.0 Å². The highest BCUT2D eigenvalue weighted by molar-refractivity contribution is 6.04. The third-order valence-electron chi connectivity index (χ3n) is 6.43. The molecule has 0 saturated carbocycles. The van der Waals surface area contributed by atoms with Gasteiger partial charge in [0.05, 0.1) is 18.1 Å². The number of amides is 1. The molecular weight excluding hydrogens is 472 g/mol. The van der Waals surface area contributed by atoms with E-state index in [1.807, 2.05) is 54.6 Å². The highest BCUT2D eigenvalue weighted by Gasteiger charge is 2.47. The standard InChI is InChI=1S/C31H25F2NO3/c32-24-10-6-22(7-11-24)29(35)19-18-28-30(34(31(28)36)26-14-12-25(33)13-15-26)23-8-16-27(17-9-23)37-20-21-4-2-1-3-5-21/h1-19,28-30,35H,20H2/t28-,29?,30-/m1/s1. The van der Waals surface area contributed by atoms with Crippen molar-refractivity contribution in [3.63, 3.8) is 0 Å². The summed E-state index contributed by atoms with van der Waals surface area (Å²) < 4.78 is 32.6. The van der Waals surface area contributed by atoms with Crippen LogP contribution < -0.4 is 9.64 Å². The van der Waals surface area contributed by atoms with Gasteiger partial charge in [-0.2, -0.15) is 0 Å². The maximum atomic E-state index is 13.5. The van der Waals surface area contributed by atoms with Gasteiger partial charge in [0, 0.05) is 5.69 Å². The van der Waals surface area contributed by atoms with Gasteiger partial charge in [0.25, 0.3) is 0 Å². The summed E-state index contributed by atoms with van der Waals surface area (Å²) in [5.74, 6) is -0.766. The molecule has 37 heavy (non-hydrogen) atoms. The van der Waals surface area contributed by atoms with Crippen LogP contribution in [0.15, 0.2) is 115 Å². The van der Waals surface area contributed by atoms with E-state index in [0.717, 1.165) is 11.1 Å². The van der Waals surface area contributed by atoms with E-state index >= 15 is 0 Å². The largest absolute Gasteiger partial charge is 0.489 e. The topological polar surface area (TPSA) is 49.8 Å². The molecule has 1 aliphatic rings. The molecule has 3 atom stereocenters. The second-order valence-corrected chi connectivity index (χ2v) is 8.88. The van der Waals surface area contributed by atoms with Crippen molar-refractivity contribution in [1.82, 2.24) is 0 Å². The number of β-lactam (4-membered cyclic amide) rings is 1. The fourth-order valence-electron chi connectivity index (χ4n) is 4.44. The fourth-order valence-corrected chi connectivity index (χ4v) is 4.44. The number of aliphatic hydroxyl groups is 1. The molecule has 6 heteroatoms. The van der Waals surface area contributed by atoms with Crippen LogP contribution >= 0.6 is 0 Å². The molecule has 0 aliphatic carbocycles. The number of carbonyl (C=O) groups excluding carboxylic acids is 1. The van der Waals surface area contributed by atoms with Crippen LogP contribution in [0.1, 0.15) is 28.8 Å². The summed E-state index contributed by atoms with van der Waals surface area (Å²) in [6, 6.07) is 28.4. The number of carbonyl (C=O) groups is 1. The Labute approximate surface area is 214 Å². The molecule has 4 aromatic carbocycles. The van der Waals surface area contributed by atoms with Gasteiger partial charge >= 0.3 is 0 Å². The van der Waals surface area contributed by atoms with Gasteiger partial charge in [-0.25, -0.2) is 8.78 Å². The molecule has 1 unspecified atom stereocenters. The third kappa shape index (κ3) is 5.44. The minimum absolute atomic E-state index is 0.163. The lowest BCUT2D eigenvalue weighted by molar-refractivity contribution is -0.128. The lowest BCUT2D eigenvalue weighted by Gasteiger charge is -2.46. The average molecular weight is 498 g/mol. The molecule has 0 bridgehead atoms. The predicted octanol–water partition coefficient (Wildman–Crippen LogP) is 6.54. The van der Waals surface area contributed by atoms with Gasteiger partial charge in [0.1, 0.15) is 24.0 Å². The van der Waals surface area contributed by atoms with E-state index in [0.29, 0.717) is 23.6 Å². The van der Waals surface area contributed by atoms with Crippen LogP contribution in [0.2, 0.25) is 0 Å². The summed E-state index contributed by atoms with van der Waals surface area (Å²) in [5, 5.41) is 10.5. The molecule has 1 fully saturated rings. The second kappa shape index (κ2) is 10.8. The Hall–Kier alpha value is -4.29. The van der Waals surface area contributed by atoms with Crippen molar-refractivity contribution in [2.45, 2.75) is 18.8 Å². The summed E-state index contributed by atoms with van der Waals surface area (Å²) in [7, 11) is 0. The summed E-state index contributed by atoms with van der Waals surface area (Å²) in [5.41, 5.74) is 3.05. The number of nitrogens with zero attached hydrogens (tertiary/aromatic N) is 1. The fraction of sp³-hybridized carbons (Fsp3) is 0.129. The van der Waals surface area contributed by atoms with E-state index in [9.17, 15) is 18.7 Å². The summed E-state index contributed by atoms with van der Waals surface area (Å²) >= 11 is 0. The van der Waals surface area contributed by atoms with Crippen LogP contribution in [0.3, 0.4) is 0 Å². The Bertz CT molecular complexity index is 1370. The van der Waals surface area contributed by atoms with Crippen LogP contribution in [-0.2, 0) is 11.4 Å². The van der Waals surface area contributed by atoms with Gasteiger partial charge in [0.2, 0.25) is 5.91 Å². The van der Waals surface area contributed by atoms with E-state index < -0.39 is 12.0 Å². The van der Waals surface area contributed by atoms with Crippen LogP contribution in [0, 0.1) is 17.6 Å². The molecule has 5 rings (SSSR count). The van der Waals surface area contributed by atoms with Crippen LogP contribution in [0.4, 0.5) is 14.5 Å². The van der Waals surface area contributed by atoms with E-state index in [-0.39, 0.29) is 23.6 Å². The van der Waals surface area contributed by atoms with E-state index in [2.05, 4.69) is 0 Å². The smallest absolute Gasteiger partial charge is 0.236 e. The molecule has 0 radical (unpaired) electrons. The third-order valence-corrected chi connectivity index (χ3v) is 6.43. The number of hydrogen-bond donors (Lipinski definition) is 1. The van der Waals surface area contributed by atoms with Gasteiger partial charge in [0.15, 0.2) is 0 Å².